The second-order valence-electron chi connectivity index (χ2n) is 8.31. The zero-order chi connectivity index (χ0) is 26.0. The van der Waals surface area contributed by atoms with Crippen molar-refractivity contribution in [1.29, 1.82) is 5.26 Å². The standard InChI is InChI=1S/C27H22ClF2N3O3/c1-15-10-24(36-14-20-21(29)8-9-23(35-3)25(20)30)27-32-16(2)26(33(27)13-15)22(34)11-18(12-31)17-4-6-19(28)7-5-17/h4-10,13,18H,11,14H2,1-3H3. The number of carbonyl (C=O) groups excluding carboxylic acids is 1. The predicted octanol–water partition coefficient (Wildman–Crippen LogP) is 6.35. The Morgan fingerprint density at radius 2 is 1.89 bits per heavy atom. The molecule has 0 aliphatic heterocycles. The number of imidazole rings is 1. The third-order valence-corrected chi connectivity index (χ3v) is 6.07. The van der Waals surface area contributed by atoms with Crippen molar-refractivity contribution in [3.63, 3.8) is 0 Å². The van der Waals surface area contributed by atoms with Crippen LogP contribution in [-0.4, -0.2) is 22.3 Å². The molecule has 0 saturated heterocycles. The number of hydrogen-bond acceptors (Lipinski definition) is 5. The largest absolute Gasteiger partial charge is 0.494 e. The van der Waals surface area contributed by atoms with Crippen LogP contribution in [0.3, 0.4) is 0 Å². The van der Waals surface area contributed by atoms with E-state index in [-0.39, 0.29) is 29.3 Å². The first-order valence-corrected chi connectivity index (χ1v) is 11.4. The van der Waals surface area contributed by atoms with Gasteiger partial charge < -0.3 is 9.47 Å². The van der Waals surface area contributed by atoms with E-state index in [2.05, 4.69) is 11.1 Å². The van der Waals surface area contributed by atoms with Crippen LogP contribution < -0.4 is 9.47 Å². The summed E-state index contributed by atoms with van der Waals surface area (Å²) >= 11 is 5.94. The van der Waals surface area contributed by atoms with Gasteiger partial charge in [0.25, 0.3) is 0 Å². The van der Waals surface area contributed by atoms with Crippen molar-refractivity contribution in [1.82, 2.24) is 9.38 Å². The summed E-state index contributed by atoms with van der Waals surface area (Å²) in [5, 5.41) is 10.2. The number of aromatic nitrogens is 2. The smallest absolute Gasteiger partial charge is 0.183 e. The minimum atomic E-state index is -0.846. The zero-order valence-electron chi connectivity index (χ0n) is 19.8. The van der Waals surface area contributed by atoms with Crippen LogP contribution in [0.5, 0.6) is 11.5 Å². The number of nitriles is 1. The van der Waals surface area contributed by atoms with Crippen LogP contribution in [0, 0.1) is 36.8 Å². The fraction of sp³-hybridized carbons (Fsp3) is 0.222. The maximum absolute atomic E-state index is 14.6. The summed E-state index contributed by atoms with van der Waals surface area (Å²) in [6.45, 7) is 3.08. The number of Topliss-reactive ketones (excluding diaryl/α,β-unsaturated/α-hetero) is 1. The molecule has 4 aromatic rings. The predicted molar refractivity (Wildman–Crippen MR) is 131 cm³/mol. The molecule has 2 aromatic heterocycles. The summed E-state index contributed by atoms with van der Waals surface area (Å²) in [6, 6.07) is 13.0. The van der Waals surface area contributed by atoms with Gasteiger partial charge in [0.1, 0.15) is 18.1 Å². The molecule has 0 N–H and O–H groups in total. The van der Waals surface area contributed by atoms with E-state index in [0.717, 1.165) is 11.6 Å². The first-order chi connectivity index (χ1) is 17.2. The third kappa shape index (κ3) is 4.88. The van der Waals surface area contributed by atoms with Crippen LogP contribution in [-0.2, 0) is 6.61 Å². The highest BCUT2D eigenvalue weighted by molar-refractivity contribution is 6.30. The third-order valence-electron chi connectivity index (χ3n) is 5.82. The Labute approximate surface area is 211 Å². The molecule has 0 aliphatic carbocycles. The molecule has 2 heterocycles. The summed E-state index contributed by atoms with van der Waals surface area (Å²) < 4.78 is 41.2. The molecule has 36 heavy (non-hydrogen) atoms. The summed E-state index contributed by atoms with van der Waals surface area (Å²) in [6.07, 6.45) is 1.67. The van der Waals surface area contributed by atoms with E-state index in [0.29, 0.717) is 27.6 Å². The molecule has 0 spiro atoms. The molecule has 1 atom stereocenters. The van der Waals surface area contributed by atoms with Crippen LogP contribution in [0.25, 0.3) is 5.65 Å². The molecule has 0 radical (unpaired) electrons. The van der Waals surface area contributed by atoms with Crippen molar-refractivity contribution in [3.8, 4) is 17.6 Å². The second kappa shape index (κ2) is 10.3. The number of methoxy groups -OCH3 is 1. The van der Waals surface area contributed by atoms with Crippen molar-refractivity contribution >= 4 is 23.0 Å². The number of aryl methyl sites for hydroxylation is 2. The van der Waals surface area contributed by atoms with Gasteiger partial charge in [-0.05, 0) is 55.3 Å². The number of ether oxygens (including phenoxy) is 2. The topological polar surface area (TPSA) is 76.6 Å². The van der Waals surface area contributed by atoms with Gasteiger partial charge in [-0.2, -0.15) is 5.26 Å². The molecule has 2 aromatic carbocycles. The lowest BCUT2D eigenvalue weighted by Crippen LogP contribution is -2.11. The molecule has 184 valence electrons. The molecular formula is C27H22ClF2N3O3. The number of nitrogens with zero attached hydrogens (tertiary/aromatic N) is 3. The number of halogens is 3. The summed E-state index contributed by atoms with van der Waals surface area (Å²) in [4.78, 5) is 17.8. The number of rotatable bonds is 8. The van der Waals surface area contributed by atoms with Gasteiger partial charge in [-0.1, -0.05) is 23.7 Å². The summed E-state index contributed by atoms with van der Waals surface area (Å²) in [5.74, 6) is -2.39. The monoisotopic (exact) mass is 509 g/mol. The zero-order valence-corrected chi connectivity index (χ0v) is 20.6. The Balaban J connectivity index is 1.66. The summed E-state index contributed by atoms with van der Waals surface area (Å²) in [7, 11) is 1.29. The lowest BCUT2D eigenvalue weighted by atomic mass is 9.94. The van der Waals surface area contributed by atoms with Crippen LogP contribution in [0.1, 0.15) is 45.2 Å². The highest BCUT2D eigenvalue weighted by Gasteiger charge is 2.24. The van der Waals surface area contributed by atoms with Crippen molar-refractivity contribution in [2.24, 2.45) is 0 Å². The van der Waals surface area contributed by atoms with Gasteiger partial charge in [0, 0.05) is 17.6 Å². The average Bonchev–Trinajstić information content (AvgIpc) is 3.18. The van der Waals surface area contributed by atoms with E-state index in [1.54, 1.807) is 54.8 Å². The number of hydrogen-bond donors (Lipinski definition) is 0. The Morgan fingerprint density at radius 1 is 1.17 bits per heavy atom. The van der Waals surface area contributed by atoms with Gasteiger partial charge in [-0.25, -0.2) is 13.8 Å². The molecule has 9 heteroatoms. The Kier molecular flexibility index (Phi) is 7.22. The highest BCUT2D eigenvalue weighted by Crippen LogP contribution is 2.30. The lowest BCUT2D eigenvalue weighted by molar-refractivity contribution is 0.0972. The van der Waals surface area contributed by atoms with Crippen molar-refractivity contribution in [2.75, 3.05) is 7.11 Å². The average molecular weight is 510 g/mol. The Morgan fingerprint density at radius 3 is 2.56 bits per heavy atom. The molecule has 6 nitrogen and oxygen atoms in total. The fourth-order valence-corrected chi connectivity index (χ4v) is 4.16. The minimum absolute atomic E-state index is 0.0584. The molecule has 4 rings (SSSR count). The first-order valence-electron chi connectivity index (χ1n) is 11.0. The van der Waals surface area contributed by atoms with E-state index < -0.39 is 24.2 Å². The van der Waals surface area contributed by atoms with Gasteiger partial charge >= 0.3 is 0 Å². The number of fused-ring (bicyclic) bond motifs is 1. The van der Waals surface area contributed by atoms with Crippen molar-refractivity contribution in [2.45, 2.75) is 32.8 Å². The van der Waals surface area contributed by atoms with Gasteiger partial charge in [0.15, 0.2) is 28.7 Å². The quantitative estimate of drug-likeness (QED) is 0.259. The van der Waals surface area contributed by atoms with E-state index in [1.165, 1.54) is 13.2 Å². The van der Waals surface area contributed by atoms with E-state index in [9.17, 15) is 18.8 Å². The molecule has 0 amide bonds. The van der Waals surface area contributed by atoms with Crippen LogP contribution in [0.15, 0.2) is 48.7 Å². The number of ketones is 1. The van der Waals surface area contributed by atoms with E-state index in [1.807, 2.05) is 0 Å². The Bertz CT molecular complexity index is 1490. The number of benzene rings is 2. The van der Waals surface area contributed by atoms with E-state index >= 15 is 0 Å². The maximum Gasteiger partial charge on any atom is 0.183 e. The molecule has 1 unspecified atom stereocenters. The maximum atomic E-state index is 14.6. The van der Waals surface area contributed by atoms with Gasteiger partial charge in [0.2, 0.25) is 0 Å². The number of pyridine rings is 1. The summed E-state index contributed by atoms with van der Waals surface area (Å²) in [5.41, 5.74) is 2.22. The first kappa shape index (κ1) is 25.1. The van der Waals surface area contributed by atoms with Crippen LogP contribution in [0.2, 0.25) is 5.02 Å². The second-order valence-corrected chi connectivity index (χ2v) is 8.75. The van der Waals surface area contributed by atoms with Gasteiger partial charge in [-0.15, -0.1) is 0 Å². The molecule has 0 aliphatic rings. The van der Waals surface area contributed by atoms with Crippen molar-refractivity contribution in [3.05, 3.63) is 93.4 Å². The number of carbonyl (C=O) groups is 1. The van der Waals surface area contributed by atoms with Gasteiger partial charge in [0.05, 0.1) is 30.4 Å². The molecular weight excluding hydrogens is 488 g/mol. The van der Waals surface area contributed by atoms with Crippen LogP contribution >= 0.6 is 11.6 Å². The molecule has 0 saturated carbocycles. The highest BCUT2D eigenvalue weighted by atomic mass is 35.5. The fourth-order valence-electron chi connectivity index (χ4n) is 4.03. The SMILES string of the molecule is COc1ccc(F)c(COc2cc(C)cn3c(C(=O)CC(C#N)c4ccc(Cl)cc4)c(C)nc23)c1F. The lowest BCUT2D eigenvalue weighted by Gasteiger charge is -2.13. The molecule has 0 fully saturated rings. The Hall–Kier alpha value is -3.96. The van der Waals surface area contributed by atoms with Crippen LogP contribution in [0.4, 0.5) is 8.78 Å². The normalized spacial score (nSPS) is 11.8. The van der Waals surface area contributed by atoms with Gasteiger partial charge in [-0.3, -0.25) is 9.20 Å². The molecule has 0 bridgehead atoms. The minimum Gasteiger partial charge on any atom is -0.494 e. The van der Waals surface area contributed by atoms with E-state index in [4.69, 9.17) is 21.1 Å². The van der Waals surface area contributed by atoms with Crippen molar-refractivity contribution < 1.29 is 23.0 Å².